The Morgan fingerprint density at radius 3 is 2.64 bits per heavy atom. The number of nitrogens with zero attached hydrogens (tertiary/aromatic N) is 3. The SMILES string of the molecule is CCOC(=O)N1CCC(NC(N)=NCc2ccc(CN(C)C)c(F)c2)CC1.I. The minimum absolute atomic E-state index is 0. The van der Waals surface area contributed by atoms with Gasteiger partial charge in [0.05, 0.1) is 13.2 Å². The smallest absolute Gasteiger partial charge is 0.409 e. The maximum Gasteiger partial charge on any atom is 0.409 e. The number of likely N-dealkylation sites (tertiary alicyclic amines) is 1. The number of aliphatic imine (C=N–C) groups is 1. The van der Waals surface area contributed by atoms with Gasteiger partial charge in [-0.1, -0.05) is 12.1 Å². The van der Waals surface area contributed by atoms with Crippen molar-refractivity contribution in [2.75, 3.05) is 33.8 Å². The second-order valence-electron chi connectivity index (χ2n) is 6.97. The van der Waals surface area contributed by atoms with E-state index in [9.17, 15) is 9.18 Å². The Bertz CT molecular complexity index is 664. The Morgan fingerprint density at radius 1 is 1.39 bits per heavy atom. The van der Waals surface area contributed by atoms with E-state index >= 15 is 0 Å². The molecule has 1 aromatic carbocycles. The number of carbonyl (C=O) groups is 1. The van der Waals surface area contributed by atoms with Gasteiger partial charge in [0.1, 0.15) is 5.82 Å². The Hall–Kier alpha value is -1.62. The molecule has 9 heteroatoms. The second-order valence-corrected chi connectivity index (χ2v) is 6.97. The molecule has 0 radical (unpaired) electrons. The fraction of sp³-hybridized carbons (Fsp3) is 0.579. The summed E-state index contributed by atoms with van der Waals surface area (Å²) < 4.78 is 19.1. The lowest BCUT2D eigenvalue weighted by atomic mass is 10.1. The van der Waals surface area contributed by atoms with E-state index in [2.05, 4.69) is 10.3 Å². The number of benzene rings is 1. The maximum atomic E-state index is 14.1. The minimum Gasteiger partial charge on any atom is -0.450 e. The summed E-state index contributed by atoms with van der Waals surface area (Å²) in [5.74, 6) is 0.108. The van der Waals surface area contributed by atoms with E-state index in [0.29, 0.717) is 44.3 Å². The average molecular weight is 507 g/mol. The third kappa shape index (κ3) is 7.78. The third-order valence-electron chi connectivity index (χ3n) is 4.41. The number of hydrogen-bond donors (Lipinski definition) is 2. The topological polar surface area (TPSA) is 83.2 Å². The van der Waals surface area contributed by atoms with Crippen LogP contribution in [0.25, 0.3) is 0 Å². The van der Waals surface area contributed by atoms with Gasteiger partial charge >= 0.3 is 6.09 Å². The zero-order valence-corrected chi connectivity index (χ0v) is 19.1. The molecule has 0 aliphatic carbocycles. The first-order valence-corrected chi connectivity index (χ1v) is 9.29. The van der Waals surface area contributed by atoms with Gasteiger partial charge in [0.2, 0.25) is 0 Å². The van der Waals surface area contributed by atoms with Crippen LogP contribution in [0.2, 0.25) is 0 Å². The van der Waals surface area contributed by atoms with E-state index in [1.165, 1.54) is 6.07 Å². The molecule has 1 aliphatic heterocycles. The average Bonchev–Trinajstić information content (AvgIpc) is 2.62. The van der Waals surface area contributed by atoms with Gasteiger partial charge in [0, 0.05) is 31.2 Å². The first-order valence-electron chi connectivity index (χ1n) is 9.29. The Kier molecular flexibility index (Phi) is 10.5. The van der Waals surface area contributed by atoms with Gasteiger partial charge in [-0.25, -0.2) is 14.2 Å². The zero-order chi connectivity index (χ0) is 19.8. The zero-order valence-electron chi connectivity index (χ0n) is 16.8. The van der Waals surface area contributed by atoms with Crippen LogP contribution in [0.4, 0.5) is 9.18 Å². The number of piperidine rings is 1. The van der Waals surface area contributed by atoms with E-state index < -0.39 is 0 Å². The molecular formula is C19H31FIN5O2. The molecule has 0 bridgehead atoms. The molecule has 0 atom stereocenters. The number of nitrogens with two attached hydrogens (primary N) is 1. The molecule has 1 saturated heterocycles. The number of amides is 1. The fourth-order valence-corrected chi connectivity index (χ4v) is 3.01. The Labute approximate surface area is 183 Å². The summed E-state index contributed by atoms with van der Waals surface area (Å²) in [7, 11) is 3.81. The molecular weight excluding hydrogens is 476 g/mol. The third-order valence-corrected chi connectivity index (χ3v) is 4.41. The van der Waals surface area contributed by atoms with Crippen molar-refractivity contribution in [3.63, 3.8) is 0 Å². The molecule has 28 heavy (non-hydrogen) atoms. The van der Waals surface area contributed by atoms with Crippen LogP contribution in [0.15, 0.2) is 23.2 Å². The van der Waals surface area contributed by atoms with Crippen LogP contribution in [0.5, 0.6) is 0 Å². The van der Waals surface area contributed by atoms with Crippen LogP contribution in [-0.2, 0) is 17.8 Å². The molecule has 0 saturated carbocycles. The lowest BCUT2D eigenvalue weighted by Crippen LogP contribution is -2.48. The summed E-state index contributed by atoms with van der Waals surface area (Å²) in [6.45, 7) is 4.31. The minimum atomic E-state index is -0.266. The first-order chi connectivity index (χ1) is 12.9. The summed E-state index contributed by atoms with van der Waals surface area (Å²) >= 11 is 0. The molecule has 1 fully saturated rings. The summed E-state index contributed by atoms with van der Waals surface area (Å²) in [5, 5.41) is 3.18. The van der Waals surface area contributed by atoms with Crippen molar-refractivity contribution >= 4 is 36.0 Å². The van der Waals surface area contributed by atoms with Crippen LogP contribution in [0, 0.1) is 5.82 Å². The summed E-state index contributed by atoms with van der Waals surface area (Å²) in [5.41, 5.74) is 7.40. The molecule has 7 nitrogen and oxygen atoms in total. The second kappa shape index (κ2) is 12.1. The molecule has 158 valence electrons. The number of carbonyl (C=O) groups excluding carboxylic acids is 1. The van der Waals surface area contributed by atoms with Gasteiger partial charge in [0.25, 0.3) is 0 Å². The fourth-order valence-electron chi connectivity index (χ4n) is 3.01. The number of rotatable bonds is 6. The van der Waals surface area contributed by atoms with Crippen molar-refractivity contribution in [3.05, 3.63) is 35.1 Å². The normalized spacial score (nSPS) is 15.3. The highest BCUT2D eigenvalue weighted by molar-refractivity contribution is 14.0. The van der Waals surface area contributed by atoms with E-state index in [-0.39, 0.29) is 41.9 Å². The summed E-state index contributed by atoms with van der Waals surface area (Å²) in [6, 6.07) is 5.33. The molecule has 0 spiro atoms. The molecule has 1 aliphatic rings. The largest absolute Gasteiger partial charge is 0.450 e. The Morgan fingerprint density at radius 2 is 2.07 bits per heavy atom. The molecule has 0 aromatic heterocycles. The number of ether oxygens (including phenoxy) is 1. The molecule has 3 N–H and O–H groups in total. The van der Waals surface area contributed by atoms with Crippen LogP contribution < -0.4 is 11.1 Å². The van der Waals surface area contributed by atoms with Gasteiger partial charge in [-0.05, 0) is 45.5 Å². The van der Waals surface area contributed by atoms with Crippen LogP contribution in [0.1, 0.15) is 30.9 Å². The molecule has 2 rings (SSSR count). The number of halogens is 2. The molecule has 1 aromatic rings. The standard InChI is InChI=1S/C19H30FN5O2.HI/c1-4-27-19(26)25-9-7-16(8-10-25)23-18(21)22-12-14-5-6-15(13-24(2)3)17(20)11-14;/h5-6,11,16H,4,7-10,12-13H2,1-3H3,(H3,21,22,23);1H. The van der Waals surface area contributed by atoms with E-state index in [4.69, 9.17) is 10.5 Å². The van der Waals surface area contributed by atoms with Gasteiger partial charge in [-0.2, -0.15) is 0 Å². The Balaban J connectivity index is 0.00000392. The maximum absolute atomic E-state index is 14.1. The quantitative estimate of drug-likeness (QED) is 0.352. The highest BCUT2D eigenvalue weighted by Gasteiger charge is 2.23. The highest BCUT2D eigenvalue weighted by atomic mass is 127. The number of guanidine groups is 1. The number of hydrogen-bond acceptors (Lipinski definition) is 4. The highest BCUT2D eigenvalue weighted by Crippen LogP contribution is 2.13. The summed E-state index contributed by atoms with van der Waals surface area (Å²) in [6.07, 6.45) is 1.29. The van der Waals surface area contributed by atoms with Crippen molar-refractivity contribution in [2.24, 2.45) is 10.7 Å². The summed E-state index contributed by atoms with van der Waals surface area (Å²) in [4.78, 5) is 19.6. The van der Waals surface area contributed by atoms with Gasteiger partial charge in [0.15, 0.2) is 5.96 Å². The van der Waals surface area contributed by atoms with Crippen molar-refractivity contribution in [3.8, 4) is 0 Å². The predicted molar refractivity (Wildman–Crippen MR) is 119 cm³/mol. The van der Waals surface area contributed by atoms with Crippen molar-refractivity contribution < 1.29 is 13.9 Å². The van der Waals surface area contributed by atoms with Crippen LogP contribution in [-0.4, -0.2) is 61.7 Å². The van der Waals surface area contributed by atoms with Crippen LogP contribution in [0.3, 0.4) is 0 Å². The molecule has 1 heterocycles. The molecule has 0 unspecified atom stereocenters. The lowest BCUT2D eigenvalue weighted by molar-refractivity contribution is 0.0963. The van der Waals surface area contributed by atoms with E-state index in [0.717, 1.165) is 18.4 Å². The van der Waals surface area contributed by atoms with Gasteiger partial charge in [-0.3, -0.25) is 0 Å². The predicted octanol–water partition coefficient (Wildman–Crippen LogP) is 2.53. The number of nitrogens with one attached hydrogen (secondary N) is 1. The monoisotopic (exact) mass is 507 g/mol. The lowest BCUT2D eigenvalue weighted by Gasteiger charge is -2.31. The van der Waals surface area contributed by atoms with Crippen LogP contribution >= 0.6 is 24.0 Å². The van der Waals surface area contributed by atoms with E-state index in [1.54, 1.807) is 17.9 Å². The van der Waals surface area contributed by atoms with Crippen molar-refractivity contribution in [2.45, 2.75) is 38.9 Å². The van der Waals surface area contributed by atoms with Gasteiger partial charge < -0.3 is 25.6 Å². The van der Waals surface area contributed by atoms with E-state index in [1.807, 2.05) is 25.1 Å². The van der Waals surface area contributed by atoms with Crippen molar-refractivity contribution in [1.82, 2.24) is 15.1 Å². The van der Waals surface area contributed by atoms with Gasteiger partial charge in [-0.15, -0.1) is 24.0 Å². The first kappa shape index (κ1) is 24.4. The van der Waals surface area contributed by atoms with Crippen molar-refractivity contribution in [1.29, 1.82) is 0 Å². The molecule has 1 amide bonds.